The summed E-state index contributed by atoms with van der Waals surface area (Å²) in [5.74, 6) is 0. The van der Waals surface area contributed by atoms with Crippen molar-refractivity contribution in [2.75, 3.05) is 6.61 Å². The SMILES string of the molecule is C=COC=C.O=C[C@H](O)[C@@H](O)[C@H](O)[C@H](O)CO. The van der Waals surface area contributed by atoms with Crippen LogP contribution in [0, 0.1) is 0 Å². The Morgan fingerprint density at radius 2 is 1.53 bits per heavy atom. The highest BCUT2D eigenvalue weighted by atomic mass is 16.5. The van der Waals surface area contributed by atoms with Crippen molar-refractivity contribution < 1.29 is 35.1 Å². The third kappa shape index (κ3) is 8.55. The fourth-order valence-corrected chi connectivity index (χ4v) is 0.686. The van der Waals surface area contributed by atoms with Gasteiger partial charge >= 0.3 is 0 Å². The van der Waals surface area contributed by atoms with E-state index >= 15 is 0 Å². The molecule has 7 nitrogen and oxygen atoms in total. The van der Waals surface area contributed by atoms with Crippen LogP contribution in [0.1, 0.15) is 0 Å². The number of carbonyl (C=O) groups excluding carboxylic acids is 1. The number of rotatable bonds is 7. The second-order valence-corrected chi connectivity index (χ2v) is 2.83. The molecule has 0 amide bonds. The molecule has 0 aromatic rings. The maximum Gasteiger partial charge on any atom is 0.151 e. The van der Waals surface area contributed by atoms with Gasteiger partial charge in [-0.15, -0.1) is 0 Å². The number of carbonyl (C=O) groups is 1. The van der Waals surface area contributed by atoms with Gasteiger partial charge < -0.3 is 35.1 Å². The van der Waals surface area contributed by atoms with E-state index in [0.717, 1.165) is 0 Å². The Labute approximate surface area is 98.9 Å². The molecule has 5 N–H and O–H groups in total. The lowest BCUT2D eigenvalue weighted by molar-refractivity contribution is -0.136. The minimum absolute atomic E-state index is 0.0258. The highest BCUT2D eigenvalue weighted by Gasteiger charge is 2.29. The molecule has 0 aliphatic heterocycles. The minimum Gasteiger partial charge on any atom is -0.474 e. The molecule has 0 saturated heterocycles. The van der Waals surface area contributed by atoms with Gasteiger partial charge in [0.25, 0.3) is 0 Å². The maximum absolute atomic E-state index is 9.90. The third-order valence-electron chi connectivity index (χ3n) is 1.61. The van der Waals surface area contributed by atoms with E-state index < -0.39 is 31.0 Å². The van der Waals surface area contributed by atoms with E-state index in [-0.39, 0.29) is 6.29 Å². The zero-order valence-electron chi connectivity index (χ0n) is 9.22. The first-order valence-corrected chi connectivity index (χ1v) is 4.61. The van der Waals surface area contributed by atoms with Crippen LogP contribution in [0.5, 0.6) is 0 Å². The maximum atomic E-state index is 9.90. The molecule has 0 aliphatic rings. The summed E-state index contributed by atoms with van der Waals surface area (Å²) in [5, 5.41) is 43.5. The van der Waals surface area contributed by atoms with Crippen LogP contribution in [0.4, 0.5) is 0 Å². The summed E-state index contributed by atoms with van der Waals surface area (Å²) < 4.78 is 4.36. The third-order valence-corrected chi connectivity index (χ3v) is 1.61. The summed E-state index contributed by atoms with van der Waals surface area (Å²) >= 11 is 0. The second-order valence-electron chi connectivity index (χ2n) is 2.83. The molecule has 0 fully saturated rings. The molecule has 0 radical (unpaired) electrons. The molecule has 4 atom stereocenters. The number of hydrogen-bond acceptors (Lipinski definition) is 7. The summed E-state index contributed by atoms with van der Waals surface area (Å²) in [5.41, 5.74) is 0. The fourth-order valence-electron chi connectivity index (χ4n) is 0.686. The lowest BCUT2D eigenvalue weighted by Gasteiger charge is -2.22. The zero-order chi connectivity index (χ0) is 13.8. The molecular weight excluding hydrogens is 232 g/mol. The van der Waals surface area contributed by atoms with Gasteiger partial charge in [0, 0.05) is 0 Å². The summed E-state index contributed by atoms with van der Waals surface area (Å²) in [6.07, 6.45) is -4.21. The van der Waals surface area contributed by atoms with Crippen molar-refractivity contribution in [2.24, 2.45) is 0 Å². The quantitative estimate of drug-likeness (QED) is 0.259. The standard InChI is InChI=1S/C6H12O6.C4H6O/c7-1-3(9)5(11)6(12)4(10)2-8;1-3-5-4-2/h1,3-6,8-12H,2H2;3-4H,1-2H2/t3-,4+,5+,6+;/m0./s1. The molecule has 7 heteroatoms. The van der Waals surface area contributed by atoms with Gasteiger partial charge in [0.05, 0.1) is 19.1 Å². The average molecular weight is 250 g/mol. The van der Waals surface area contributed by atoms with Gasteiger partial charge in [-0.1, -0.05) is 13.2 Å². The van der Waals surface area contributed by atoms with E-state index in [1.54, 1.807) is 0 Å². The Kier molecular flexibility index (Phi) is 12.0. The van der Waals surface area contributed by atoms with E-state index in [1.165, 1.54) is 12.5 Å². The summed E-state index contributed by atoms with van der Waals surface area (Å²) in [6.45, 7) is 5.75. The van der Waals surface area contributed by atoms with Gasteiger partial charge in [-0.2, -0.15) is 0 Å². The minimum atomic E-state index is -1.79. The van der Waals surface area contributed by atoms with E-state index in [9.17, 15) is 4.79 Å². The first kappa shape index (κ1) is 18.1. The summed E-state index contributed by atoms with van der Waals surface area (Å²) in [7, 11) is 0. The van der Waals surface area contributed by atoms with Crippen LogP contribution in [0.2, 0.25) is 0 Å². The first-order valence-electron chi connectivity index (χ1n) is 4.61. The highest BCUT2D eigenvalue weighted by Crippen LogP contribution is 2.02. The largest absolute Gasteiger partial charge is 0.474 e. The Hall–Kier alpha value is -1.25. The smallest absolute Gasteiger partial charge is 0.151 e. The molecule has 17 heavy (non-hydrogen) atoms. The molecule has 0 aromatic heterocycles. The molecule has 0 aliphatic carbocycles. The van der Waals surface area contributed by atoms with Gasteiger partial charge in [-0.25, -0.2) is 0 Å². The molecule has 0 unspecified atom stereocenters. The van der Waals surface area contributed by atoms with E-state index in [0.29, 0.717) is 0 Å². The fraction of sp³-hybridized carbons (Fsp3) is 0.500. The predicted octanol–water partition coefficient (Wildman–Crippen LogP) is -2.09. The predicted molar refractivity (Wildman–Crippen MR) is 58.7 cm³/mol. The van der Waals surface area contributed by atoms with E-state index in [2.05, 4.69) is 17.9 Å². The van der Waals surface area contributed by atoms with Crippen molar-refractivity contribution in [1.29, 1.82) is 0 Å². The normalized spacial score (nSPS) is 16.5. The van der Waals surface area contributed by atoms with Crippen LogP contribution in [-0.2, 0) is 9.53 Å². The molecule has 0 bridgehead atoms. The Bertz CT molecular complexity index is 213. The topological polar surface area (TPSA) is 127 Å². The molecule has 100 valence electrons. The Morgan fingerprint density at radius 3 is 1.76 bits per heavy atom. The molecule has 0 saturated carbocycles. The number of aliphatic hydroxyl groups excluding tert-OH is 5. The van der Waals surface area contributed by atoms with Gasteiger partial charge in [0.2, 0.25) is 0 Å². The van der Waals surface area contributed by atoms with Crippen LogP contribution in [-0.4, -0.2) is 62.8 Å². The number of hydrogen-bond donors (Lipinski definition) is 5. The summed E-state index contributed by atoms with van der Waals surface area (Å²) in [4.78, 5) is 9.90. The molecule has 0 spiro atoms. The number of aldehydes is 1. The van der Waals surface area contributed by atoms with Crippen LogP contribution in [0.15, 0.2) is 25.7 Å². The van der Waals surface area contributed by atoms with E-state index in [1.807, 2.05) is 0 Å². The van der Waals surface area contributed by atoms with Crippen LogP contribution < -0.4 is 0 Å². The van der Waals surface area contributed by atoms with Crippen LogP contribution >= 0.6 is 0 Å². The van der Waals surface area contributed by atoms with Crippen molar-refractivity contribution in [3.8, 4) is 0 Å². The Balaban J connectivity index is 0. The van der Waals surface area contributed by atoms with Gasteiger partial charge in [-0.3, -0.25) is 0 Å². The van der Waals surface area contributed by atoms with Gasteiger partial charge in [-0.05, 0) is 0 Å². The highest BCUT2D eigenvalue weighted by molar-refractivity contribution is 5.56. The number of ether oxygens (including phenoxy) is 1. The van der Waals surface area contributed by atoms with Crippen LogP contribution in [0.25, 0.3) is 0 Å². The Morgan fingerprint density at radius 1 is 1.06 bits per heavy atom. The molecule has 0 heterocycles. The summed E-state index contributed by atoms with van der Waals surface area (Å²) in [6, 6.07) is 0. The van der Waals surface area contributed by atoms with Crippen LogP contribution in [0.3, 0.4) is 0 Å². The number of aliphatic hydroxyl groups is 5. The van der Waals surface area contributed by atoms with Crippen molar-refractivity contribution in [2.45, 2.75) is 24.4 Å². The molecular formula is C10H18O7. The lowest BCUT2D eigenvalue weighted by atomic mass is 10.0. The average Bonchev–Trinajstić information content (AvgIpc) is 2.36. The van der Waals surface area contributed by atoms with Gasteiger partial charge in [0.1, 0.15) is 24.4 Å². The van der Waals surface area contributed by atoms with E-state index in [4.69, 9.17) is 25.5 Å². The zero-order valence-corrected chi connectivity index (χ0v) is 9.22. The molecule has 0 aromatic carbocycles. The monoisotopic (exact) mass is 250 g/mol. The van der Waals surface area contributed by atoms with Crippen molar-refractivity contribution in [3.05, 3.63) is 25.7 Å². The van der Waals surface area contributed by atoms with Gasteiger partial charge in [0.15, 0.2) is 6.29 Å². The lowest BCUT2D eigenvalue weighted by Crippen LogP contribution is -2.46. The second kappa shape index (κ2) is 11.2. The van der Waals surface area contributed by atoms with Crippen molar-refractivity contribution >= 4 is 6.29 Å². The van der Waals surface area contributed by atoms with Crippen molar-refractivity contribution in [1.82, 2.24) is 0 Å². The van der Waals surface area contributed by atoms with Crippen molar-refractivity contribution in [3.63, 3.8) is 0 Å². The first-order chi connectivity index (χ1) is 7.95. The molecule has 0 rings (SSSR count).